The Kier molecular flexibility index (Phi) is 5.98. The van der Waals surface area contributed by atoms with Gasteiger partial charge in [0.2, 0.25) is 5.91 Å². The molecule has 0 unspecified atom stereocenters. The van der Waals surface area contributed by atoms with E-state index in [0.717, 1.165) is 5.56 Å². The second kappa shape index (κ2) is 8.11. The molecule has 0 spiro atoms. The van der Waals surface area contributed by atoms with Gasteiger partial charge in [-0.25, -0.2) is 9.79 Å². The van der Waals surface area contributed by atoms with Crippen molar-refractivity contribution < 1.29 is 14.3 Å². The summed E-state index contributed by atoms with van der Waals surface area (Å²) >= 11 is 1.44. The van der Waals surface area contributed by atoms with Gasteiger partial charge >= 0.3 is 5.97 Å². The lowest BCUT2D eigenvalue weighted by Crippen LogP contribution is -2.40. The Hall–Kier alpha value is -2.08. The second-order valence-electron chi connectivity index (χ2n) is 8.08. The molecule has 2 aliphatic rings. The number of esters is 1. The summed E-state index contributed by atoms with van der Waals surface area (Å²) in [6, 6.07) is 7.64. The highest BCUT2D eigenvalue weighted by molar-refractivity contribution is 8.15. The Morgan fingerprint density at radius 2 is 1.86 bits per heavy atom. The summed E-state index contributed by atoms with van der Waals surface area (Å²) in [4.78, 5) is 32.1. The van der Waals surface area contributed by atoms with Crippen molar-refractivity contribution in [2.24, 2.45) is 10.9 Å². The molecule has 6 heteroatoms. The zero-order valence-corrected chi connectivity index (χ0v) is 18.2. The van der Waals surface area contributed by atoms with Gasteiger partial charge in [0.05, 0.1) is 29.2 Å². The van der Waals surface area contributed by atoms with Gasteiger partial charge in [0.1, 0.15) is 0 Å². The number of ether oxygens (including phenoxy) is 1. The lowest BCUT2D eigenvalue weighted by molar-refractivity contribution is -0.141. The van der Waals surface area contributed by atoms with E-state index in [1.165, 1.54) is 17.3 Å². The molecule has 28 heavy (non-hydrogen) atoms. The first-order valence-electron chi connectivity index (χ1n) is 9.76. The first-order valence-corrected chi connectivity index (χ1v) is 10.6. The molecule has 3 rings (SSSR count). The molecule has 0 saturated carbocycles. The summed E-state index contributed by atoms with van der Waals surface area (Å²) in [5.74, 6) is 0.224. The molecule has 2 aliphatic heterocycles. The summed E-state index contributed by atoms with van der Waals surface area (Å²) in [5, 5.41) is 0.448. The van der Waals surface area contributed by atoms with Crippen molar-refractivity contribution in [1.29, 1.82) is 0 Å². The molecule has 0 N–H and O–H groups in total. The number of hydrogen-bond acceptors (Lipinski definition) is 5. The molecule has 1 amide bonds. The zero-order chi connectivity index (χ0) is 20.6. The van der Waals surface area contributed by atoms with Gasteiger partial charge in [0.15, 0.2) is 5.17 Å². The summed E-state index contributed by atoms with van der Waals surface area (Å²) in [7, 11) is 0. The Balaban J connectivity index is 2.05. The van der Waals surface area contributed by atoms with E-state index < -0.39 is 12.0 Å². The third kappa shape index (κ3) is 3.88. The maximum absolute atomic E-state index is 13.0. The number of rotatable bonds is 5. The summed E-state index contributed by atoms with van der Waals surface area (Å²) in [6.07, 6.45) is 0. The van der Waals surface area contributed by atoms with Crippen molar-refractivity contribution in [1.82, 2.24) is 4.90 Å². The number of carbonyl (C=O) groups is 2. The van der Waals surface area contributed by atoms with Crippen LogP contribution >= 0.6 is 11.8 Å². The number of benzene rings is 1. The van der Waals surface area contributed by atoms with Gasteiger partial charge < -0.3 is 4.74 Å². The van der Waals surface area contributed by atoms with E-state index in [1.807, 2.05) is 39.8 Å². The lowest BCUT2D eigenvalue weighted by Gasteiger charge is -2.33. The summed E-state index contributed by atoms with van der Waals surface area (Å²) in [6.45, 7) is 12.3. The van der Waals surface area contributed by atoms with Crippen LogP contribution in [0.4, 0.5) is 0 Å². The van der Waals surface area contributed by atoms with Gasteiger partial charge in [-0.1, -0.05) is 63.7 Å². The van der Waals surface area contributed by atoms with Gasteiger partial charge in [0, 0.05) is 0 Å². The molecule has 150 valence electrons. The molecule has 1 aromatic carbocycles. The van der Waals surface area contributed by atoms with E-state index in [-0.39, 0.29) is 17.1 Å². The molecule has 2 heterocycles. The van der Waals surface area contributed by atoms with Crippen LogP contribution in [0.5, 0.6) is 0 Å². The molecular weight excluding hydrogens is 372 g/mol. The normalized spacial score (nSPS) is 22.1. The Morgan fingerprint density at radius 3 is 2.43 bits per heavy atom. The average Bonchev–Trinajstić information content (AvgIpc) is 2.92. The highest BCUT2D eigenvalue weighted by atomic mass is 32.2. The van der Waals surface area contributed by atoms with Crippen LogP contribution in [0.1, 0.15) is 64.6 Å². The predicted molar refractivity (Wildman–Crippen MR) is 113 cm³/mol. The third-order valence-corrected chi connectivity index (χ3v) is 6.00. The first kappa shape index (κ1) is 20.6. The van der Waals surface area contributed by atoms with E-state index in [4.69, 9.17) is 4.74 Å². The van der Waals surface area contributed by atoms with Gasteiger partial charge in [-0.2, -0.15) is 0 Å². The van der Waals surface area contributed by atoms with E-state index in [0.29, 0.717) is 29.0 Å². The van der Waals surface area contributed by atoms with Gasteiger partial charge in [-0.3, -0.25) is 9.69 Å². The quantitative estimate of drug-likeness (QED) is 0.675. The maximum Gasteiger partial charge on any atom is 0.338 e. The van der Waals surface area contributed by atoms with Crippen LogP contribution in [0.3, 0.4) is 0 Å². The van der Waals surface area contributed by atoms with Crippen LogP contribution in [0.25, 0.3) is 0 Å². The Morgan fingerprint density at radius 1 is 1.21 bits per heavy atom. The molecule has 1 fully saturated rings. The van der Waals surface area contributed by atoms with Crippen LogP contribution in [0, 0.1) is 5.92 Å². The lowest BCUT2D eigenvalue weighted by atomic mass is 9.92. The van der Waals surface area contributed by atoms with Crippen molar-refractivity contribution in [2.75, 3.05) is 6.61 Å². The van der Waals surface area contributed by atoms with Crippen molar-refractivity contribution in [2.45, 2.75) is 58.8 Å². The van der Waals surface area contributed by atoms with Gasteiger partial charge in [0.25, 0.3) is 0 Å². The number of nitrogens with zero attached hydrogens (tertiary/aromatic N) is 2. The van der Waals surface area contributed by atoms with E-state index in [1.54, 1.807) is 4.90 Å². The topological polar surface area (TPSA) is 59.0 Å². The number of amidine groups is 1. The molecule has 0 radical (unpaired) electrons. The fourth-order valence-electron chi connectivity index (χ4n) is 3.36. The highest BCUT2D eigenvalue weighted by Crippen LogP contribution is 2.43. The molecular formula is C22H28N2O3S. The fourth-order valence-corrected chi connectivity index (χ4v) is 4.39. The molecule has 1 aromatic rings. The minimum Gasteiger partial charge on any atom is -0.462 e. The van der Waals surface area contributed by atoms with Crippen molar-refractivity contribution in [3.05, 3.63) is 46.7 Å². The monoisotopic (exact) mass is 400 g/mol. The number of aliphatic imine (C=N–C) groups is 1. The van der Waals surface area contributed by atoms with Crippen molar-refractivity contribution in [3.63, 3.8) is 0 Å². The van der Waals surface area contributed by atoms with E-state index >= 15 is 0 Å². The van der Waals surface area contributed by atoms with Gasteiger partial charge in [-0.15, -0.1) is 0 Å². The predicted octanol–water partition coefficient (Wildman–Crippen LogP) is 4.66. The number of amides is 1. The largest absolute Gasteiger partial charge is 0.462 e. The van der Waals surface area contributed by atoms with E-state index in [2.05, 4.69) is 31.0 Å². The van der Waals surface area contributed by atoms with Gasteiger partial charge in [-0.05, 0) is 36.8 Å². The molecule has 0 aliphatic carbocycles. The highest BCUT2D eigenvalue weighted by Gasteiger charge is 2.46. The molecule has 2 atom stereocenters. The molecule has 0 bridgehead atoms. The Labute approximate surface area is 171 Å². The van der Waals surface area contributed by atoms with Crippen molar-refractivity contribution >= 4 is 28.8 Å². The minimum atomic E-state index is -0.502. The van der Waals surface area contributed by atoms with Crippen LogP contribution in [0.2, 0.25) is 0 Å². The maximum atomic E-state index is 13.0. The van der Waals surface area contributed by atoms with Crippen LogP contribution in [-0.4, -0.2) is 33.8 Å². The Bertz CT molecular complexity index is 840. The third-order valence-electron chi connectivity index (χ3n) is 4.94. The number of carbonyl (C=O) groups excluding carboxylic acids is 2. The average molecular weight is 401 g/mol. The van der Waals surface area contributed by atoms with Crippen LogP contribution in [-0.2, 0) is 14.3 Å². The molecule has 1 saturated heterocycles. The smallest absolute Gasteiger partial charge is 0.338 e. The second-order valence-corrected chi connectivity index (χ2v) is 9.39. The van der Waals surface area contributed by atoms with Crippen molar-refractivity contribution in [3.8, 4) is 0 Å². The molecule has 0 aromatic heterocycles. The summed E-state index contributed by atoms with van der Waals surface area (Å²) in [5.41, 5.74) is 3.18. The van der Waals surface area contributed by atoms with Crippen LogP contribution in [0.15, 0.2) is 40.5 Å². The van der Waals surface area contributed by atoms with E-state index in [9.17, 15) is 9.59 Å². The minimum absolute atomic E-state index is 0.0247. The number of allylic oxidation sites excluding steroid dienone is 1. The SMILES string of the molecule is CC1=C(C(=O)OCC(C)C)[C@@H](c2ccc(C(C)C)cc2)N2C(=O)[C@@H](C)SC2=N1. The summed E-state index contributed by atoms with van der Waals surface area (Å²) < 4.78 is 5.53. The fraction of sp³-hybridized carbons (Fsp3) is 0.500. The zero-order valence-electron chi connectivity index (χ0n) is 17.4. The molecule has 5 nitrogen and oxygen atoms in total. The first-order chi connectivity index (χ1) is 13.2. The number of hydrogen-bond donors (Lipinski definition) is 0. The van der Waals surface area contributed by atoms with Crippen LogP contribution < -0.4 is 0 Å². The standard InChI is InChI=1S/C22H28N2O3S/c1-12(2)11-27-21(26)18-14(5)23-22-24(20(25)15(6)28-22)19(18)17-9-7-16(8-10-17)13(3)4/h7-10,12-13,15,19H,11H2,1-6H3/t15-,19-/m1/s1. The number of thioether (sulfide) groups is 1. The number of fused-ring (bicyclic) bond motifs is 1.